The molecule has 0 unspecified atom stereocenters. The van der Waals surface area contributed by atoms with Gasteiger partial charge < -0.3 is 9.73 Å². The summed E-state index contributed by atoms with van der Waals surface area (Å²) in [7, 11) is 0. The molecule has 0 aliphatic rings. The average Bonchev–Trinajstić information content (AvgIpc) is 2.97. The van der Waals surface area contributed by atoms with Crippen LogP contribution in [-0.2, 0) is 17.6 Å². The third kappa shape index (κ3) is 4.21. The molecule has 2 aromatic heterocycles. The Morgan fingerprint density at radius 3 is 2.89 bits per heavy atom. The Balaban J connectivity index is 1.68. The zero-order chi connectivity index (χ0) is 13.7. The first-order valence-corrected chi connectivity index (χ1v) is 7.25. The van der Waals surface area contributed by atoms with E-state index in [2.05, 4.69) is 16.4 Å². The maximum Gasteiger partial charge on any atom is 0.220 e. The molecule has 0 spiro atoms. The second-order valence-electron chi connectivity index (χ2n) is 4.42. The third-order valence-electron chi connectivity index (χ3n) is 2.85. The van der Waals surface area contributed by atoms with Crippen LogP contribution in [0, 0.1) is 13.8 Å². The summed E-state index contributed by atoms with van der Waals surface area (Å²) < 4.78 is 5.45. The standard InChI is InChI=1S/C14H18N2O2S/c1-10-13(18-11(2)16-10)7-8-15-14(17)6-5-12-4-3-9-19-12/h3-4,9H,5-8H2,1-2H3,(H,15,17). The van der Waals surface area contributed by atoms with Gasteiger partial charge in [0.05, 0.1) is 5.69 Å². The van der Waals surface area contributed by atoms with Crippen molar-refractivity contribution in [1.29, 1.82) is 0 Å². The van der Waals surface area contributed by atoms with E-state index in [1.807, 2.05) is 25.3 Å². The van der Waals surface area contributed by atoms with Crippen LogP contribution in [0.3, 0.4) is 0 Å². The fourth-order valence-electron chi connectivity index (χ4n) is 1.90. The van der Waals surface area contributed by atoms with Crippen molar-refractivity contribution in [3.8, 4) is 0 Å². The predicted octanol–water partition coefficient (Wildman–Crippen LogP) is 2.64. The number of carbonyl (C=O) groups is 1. The molecule has 102 valence electrons. The van der Waals surface area contributed by atoms with Crippen molar-refractivity contribution in [3.63, 3.8) is 0 Å². The first kappa shape index (κ1) is 13.8. The van der Waals surface area contributed by atoms with Gasteiger partial charge in [0, 0.05) is 31.2 Å². The highest BCUT2D eigenvalue weighted by atomic mass is 32.1. The minimum Gasteiger partial charge on any atom is -0.446 e. The highest BCUT2D eigenvalue weighted by Crippen LogP contribution is 2.11. The molecule has 0 atom stereocenters. The average molecular weight is 278 g/mol. The summed E-state index contributed by atoms with van der Waals surface area (Å²) in [5.74, 6) is 1.62. The van der Waals surface area contributed by atoms with Crippen LogP contribution in [0.4, 0.5) is 0 Å². The topological polar surface area (TPSA) is 55.1 Å². The number of aryl methyl sites for hydroxylation is 3. The minimum atomic E-state index is 0.0855. The van der Waals surface area contributed by atoms with Gasteiger partial charge in [0.25, 0.3) is 0 Å². The van der Waals surface area contributed by atoms with Crippen LogP contribution in [0.2, 0.25) is 0 Å². The number of aromatic nitrogens is 1. The number of nitrogens with zero attached hydrogens (tertiary/aromatic N) is 1. The fourth-order valence-corrected chi connectivity index (χ4v) is 2.61. The number of thiophene rings is 1. The van der Waals surface area contributed by atoms with Gasteiger partial charge in [-0.25, -0.2) is 4.98 Å². The Kier molecular flexibility index (Phi) is 4.74. The number of rotatable bonds is 6. The summed E-state index contributed by atoms with van der Waals surface area (Å²) in [4.78, 5) is 17.1. The van der Waals surface area contributed by atoms with Crippen molar-refractivity contribution in [2.24, 2.45) is 0 Å². The molecule has 5 heteroatoms. The van der Waals surface area contributed by atoms with Gasteiger partial charge in [0.2, 0.25) is 5.91 Å². The van der Waals surface area contributed by atoms with Gasteiger partial charge in [-0.2, -0.15) is 0 Å². The largest absolute Gasteiger partial charge is 0.446 e. The van der Waals surface area contributed by atoms with Crippen LogP contribution in [0.5, 0.6) is 0 Å². The van der Waals surface area contributed by atoms with Gasteiger partial charge in [-0.1, -0.05) is 6.07 Å². The van der Waals surface area contributed by atoms with Crippen molar-refractivity contribution in [2.45, 2.75) is 33.1 Å². The van der Waals surface area contributed by atoms with Crippen LogP contribution < -0.4 is 5.32 Å². The molecule has 0 aliphatic heterocycles. The highest BCUT2D eigenvalue weighted by Gasteiger charge is 2.07. The molecule has 1 amide bonds. The van der Waals surface area contributed by atoms with E-state index in [-0.39, 0.29) is 5.91 Å². The van der Waals surface area contributed by atoms with Gasteiger partial charge in [0.1, 0.15) is 5.76 Å². The maximum absolute atomic E-state index is 11.7. The summed E-state index contributed by atoms with van der Waals surface area (Å²) in [6.07, 6.45) is 2.04. The molecule has 4 nitrogen and oxygen atoms in total. The Bertz CT molecular complexity index is 532. The van der Waals surface area contributed by atoms with E-state index in [1.165, 1.54) is 4.88 Å². The van der Waals surface area contributed by atoms with E-state index in [0.29, 0.717) is 25.3 Å². The van der Waals surface area contributed by atoms with E-state index in [0.717, 1.165) is 17.9 Å². The maximum atomic E-state index is 11.7. The molecule has 0 radical (unpaired) electrons. The predicted molar refractivity (Wildman–Crippen MR) is 75.3 cm³/mol. The molecule has 2 aromatic rings. The van der Waals surface area contributed by atoms with Crippen molar-refractivity contribution < 1.29 is 9.21 Å². The molecule has 0 aliphatic carbocycles. The van der Waals surface area contributed by atoms with Crippen LogP contribution in [0.15, 0.2) is 21.9 Å². The van der Waals surface area contributed by atoms with E-state index < -0.39 is 0 Å². The van der Waals surface area contributed by atoms with E-state index in [9.17, 15) is 4.79 Å². The zero-order valence-corrected chi connectivity index (χ0v) is 12.0. The fraction of sp³-hybridized carbons (Fsp3) is 0.429. The SMILES string of the molecule is Cc1nc(C)c(CCNC(=O)CCc2cccs2)o1. The summed E-state index contributed by atoms with van der Waals surface area (Å²) in [6.45, 7) is 4.35. The van der Waals surface area contributed by atoms with Crippen LogP contribution in [0.1, 0.15) is 28.6 Å². The van der Waals surface area contributed by atoms with Crippen molar-refractivity contribution >= 4 is 17.2 Å². The molecular weight excluding hydrogens is 260 g/mol. The summed E-state index contributed by atoms with van der Waals surface area (Å²) in [5, 5.41) is 4.94. The number of hydrogen-bond acceptors (Lipinski definition) is 4. The smallest absolute Gasteiger partial charge is 0.220 e. The van der Waals surface area contributed by atoms with Gasteiger partial charge >= 0.3 is 0 Å². The number of hydrogen-bond donors (Lipinski definition) is 1. The molecule has 0 aromatic carbocycles. The van der Waals surface area contributed by atoms with E-state index >= 15 is 0 Å². The van der Waals surface area contributed by atoms with Crippen molar-refractivity contribution in [2.75, 3.05) is 6.54 Å². The molecule has 0 saturated heterocycles. The number of nitrogens with one attached hydrogen (secondary N) is 1. The van der Waals surface area contributed by atoms with Gasteiger partial charge in [0.15, 0.2) is 5.89 Å². The monoisotopic (exact) mass is 278 g/mol. The Hall–Kier alpha value is -1.62. The quantitative estimate of drug-likeness (QED) is 0.883. The number of amides is 1. The van der Waals surface area contributed by atoms with Gasteiger partial charge in [-0.05, 0) is 24.8 Å². The summed E-state index contributed by atoms with van der Waals surface area (Å²) in [5.41, 5.74) is 0.908. The van der Waals surface area contributed by atoms with Crippen LogP contribution >= 0.6 is 11.3 Å². The lowest BCUT2D eigenvalue weighted by Gasteiger charge is -2.03. The molecule has 2 rings (SSSR count). The highest BCUT2D eigenvalue weighted by molar-refractivity contribution is 7.09. The first-order valence-electron chi connectivity index (χ1n) is 6.37. The second-order valence-corrected chi connectivity index (χ2v) is 5.45. The lowest BCUT2D eigenvalue weighted by Crippen LogP contribution is -2.25. The zero-order valence-electron chi connectivity index (χ0n) is 11.2. The van der Waals surface area contributed by atoms with E-state index in [1.54, 1.807) is 11.3 Å². The molecule has 0 fully saturated rings. The molecule has 19 heavy (non-hydrogen) atoms. The Morgan fingerprint density at radius 2 is 2.26 bits per heavy atom. The van der Waals surface area contributed by atoms with Gasteiger partial charge in [-0.3, -0.25) is 4.79 Å². The minimum absolute atomic E-state index is 0.0855. The summed E-state index contributed by atoms with van der Waals surface area (Å²) in [6, 6.07) is 4.06. The lowest BCUT2D eigenvalue weighted by atomic mass is 10.2. The Labute approximate surface area is 116 Å². The number of carbonyl (C=O) groups excluding carboxylic acids is 1. The van der Waals surface area contributed by atoms with Crippen LogP contribution in [-0.4, -0.2) is 17.4 Å². The van der Waals surface area contributed by atoms with Crippen molar-refractivity contribution in [1.82, 2.24) is 10.3 Å². The molecule has 0 saturated carbocycles. The van der Waals surface area contributed by atoms with E-state index in [4.69, 9.17) is 4.42 Å². The molecular formula is C14H18N2O2S. The third-order valence-corrected chi connectivity index (χ3v) is 3.79. The lowest BCUT2D eigenvalue weighted by molar-refractivity contribution is -0.121. The Morgan fingerprint density at radius 1 is 1.42 bits per heavy atom. The van der Waals surface area contributed by atoms with Gasteiger partial charge in [-0.15, -0.1) is 11.3 Å². The normalized spacial score (nSPS) is 10.6. The molecule has 0 bridgehead atoms. The second kappa shape index (κ2) is 6.52. The molecule has 2 heterocycles. The van der Waals surface area contributed by atoms with Crippen molar-refractivity contribution in [3.05, 3.63) is 39.7 Å². The number of oxazole rings is 1. The summed E-state index contributed by atoms with van der Waals surface area (Å²) >= 11 is 1.69. The van der Waals surface area contributed by atoms with Crippen LogP contribution in [0.25, 0.3) is 0 Å². The molecule has 1 N–H and O–H groups in total. The first-order chi connectivity index (χ1) is 9.15.